The van der Waals surface area contributed by atoms with Gasteiger partial charge in [0.05, 0.1) is 22.1 Å². The molecule has 40 heavy (non-hydrogen) atoms. The van der Waals surface area contributed by atoms with Crippen LogP contribution in [0.4, 0.5) is 0 Å². The number of halogens is 4. The van der Waals surface area contributed by atoms with E-state index < -0.39 is 15.9 Å². The molecule has 4 nitrogen and oxygen atoms in total. The maximum absolute atomic E-state index is 14.3. The first kappa shape index (κ1) is 29.2. The molecule has 2 aliphatic heterocycles. The predicted octanol–water partition coefficient (Wildman–Crippen LogP) is 9.09. The molecule has 2 bridgehead atoms. The van der Waals surface area contributed by atoms with Gasteiger partial charge in [0.2, 0.25) is 5.78 Å². The number of fused-ring (bicyclic) bond motifs is 2. The van der Waals surface area contributed by atoms with Crippen molar-refractivity contribution in [1.82, 2.24) is 4.90 Å². The van der Waals surface area contributed by atoms with Crippen molar-refractivity contribution >= 4 is 64.1 Å². The zero-order valence-corrected chi connectivity index (χ0v) is 26.1. The average Bonchev–Trinajstić information content (AvgIpc) is 3.00. The smallest absolute Gasteiger partial charge is 0.208 e. The SMILES string of the molecule is O=C1C(=NC2CCCCC2)[C@@]2(Cl)C(Cl)=C(Cl)[C@]1(Cl)C(c1ccc(C=NC3CCCCC3)cc1)N2C1CCCCC1. The van der Waals surface area contributed by atoms with Crippen LogP contribution in [-0.4, -0.2) is 50.6 Å². The summed E-state index contributed by atoms with van der Waals surface area (Å²) >= 11 is 29.0. The molecule has 7 rings (SSSR count). The predicted molar refractivity (Wildman–Crippen MR) is 168 cm³/mol. The Bertz CT molecular complexity index is 1200. The molecule has 1 aromatic carbocycles. The van der Waals surface area contributed by atoms with Gasteiger partial charge in [0.1, 0.15) is 5.71 Å². The van der Waals surface area contributed by atoms with E-state index >= 15 is 0 Å². The van der Waals surface area contributed by atoms with E-state index in [-0.39, 0.29) is 33.6 Å². The number of aliphatic imine (C=N–C) groups is 2. The van der Waals surface area contributed by atoms with Crippen LogP contribution in [0.1, 0.15) is 113 Å². The number of piperidine rings is 1. The van der Waals surface area contributed by atoms with Crippen LogP contribution >= 0.6 is 46.4 Å². The number of benzene rings is 1. The van der Waals surface area contributed by atoms with Crippen molar-refractivity contribution in [2.45, 2.75) is 130 Å². The Labute approximate surface area is 258 Å². The second kappa shape index (κ2) is 12.0. The van der Waals surface area contributed by atoms with E-state index in [1.165, 1.54) is 32.1 Å². The molecule has 0 amide bonds. The van der Waals surface area contributed by atoms with Gasteiger partial charge in [0.15, 0.2) is 9.87 Å². The highest BCUT2D eigenvalue weighted by atomic mass is 35.5. The minimum atomic E-state index is -1.57. The first-order valence-electron chi connectivity index (χ1n) is 15.3. The minimum absolute atomic E-state index is 0.0561. The van der Waals surface area contributed by atoms with Gasteiger partial charge in [-0.25, -0.2) is 0 Å². The third-order valence-electron chi connectivity index (χ3n) is 9.79. The molecule has 216 valence electrons. The second-order valence-electron chi connectivity index (χ2n) is 12.4. The molecule has 0 aromatic heterocycles. The van der Waals surface area contributed by atoms with Gasteiger partial charge in [-0.3, -0.25) is 19.7 Å². The zero-order chi connectivity index (χ0) is 27.9. The number of ketones is 1. The maximum Gasteiger partial charge on any atom is 0.208 e. The van der Waals surface area contributed by atoms with Crippen LogP contribution in [0, 0.1) is 0 Å². The molecule has 3 atom stereocenters. The minimum Gasteiger partial charge on any atom is -0.290 e. The number of carbonyl (C=O) groups is 1. The molecule has 2 heterocycles. The van der Waals surface area contributed by atoms with Crippen molar-refractivity contribution in [1.29, 1.82) is 0 Å². The lowest BCUT2D eigenvalue weighted by Gasteiger charge is -2.60. The van der Waals surface area contributed by atoms with Crippen molar-refractivity contribution in [2.24, 2.45) is 9.98 Å². The number of Topliss-reactive ketones (excluding diaryl/α,β-unsaturated/α-hetero) is 1. The summed E-state index contributed by atoms with van der Waals surface area (Å²) in [6, 6.07) is 8.26. The zero-order valence-electron chi connectivity index (χ0n) is 23.1. The molecule has 4 aliphatic carbocycles. The Balaban J connectivity index is 1.41. The van der Waals surface area contributed by atoms with Crippen LogP contribution in [0.25, 0.3) is 0 Å². The molecule has 8 heteroatoms. The molecule has 0 radical (unpaired) electrons. The van der Waals surface area contributed by atoms with Gasteiger partial charge >= 0.3 is 0 Å². The lowest BCUT2D eigenvalue weighted by Crippen LogP contribution is -2.73. The summed E-state index contributed by atoms with van der Waals surface area (Å²) in [4.78, 5) is 23.4. The van der Waals surface area contributed by atoms with Gasteiger partial charge in [0.25, 0.3) is 0 Å². The van der Waals surface area contributed by atoms with Crippen molar-refractivity contribution in [3.63, 3.8) is 0 Å². The van der Waals surface area contributed by atoms with Crippen LogP contribution in [0.2, 0.25) is 0 Å². The monoisotopic (exact) mass is 621 g/mol. The molecule has 3 saturated carbocycles. The quantitative estimate of drug-likeness (QED) is 0.187. The van der Waals surface area contributed by atoms with E-state index in [0.29, 0.717) is 6.04 Å². The van der Waals surface area contributed by atoms with Gasteiger partial charge in [-0.1, -0.05) is 117 Å². The number of carbonyl (C=O) groups excluding carboxylic acids is 1. The Morgan fingerprint density at radius 2 is 1.30 bits per heavy atom. The van der Waals surface area contributed by atoms with E-state index in [1.807, 2.05) is 6.21 Å². The standard InChI is InChI=1S/C32H39Cl4N3O/c33-26-27(34)32(36)28(38-24-12-6-2-7-13-24)30(40)31(26,35)29(39(32)25-14-8-3-9-15-25)22-18-16-21(17-19-22)20-37-23-10-4-1-5-11-23/h16-20,23-25,29H,1-15H2/t29?,31-,32+/m0/s1. The largest absolute Gasteiger partial charge is 0.290 e. The Morgan fingerprint density at radius 1 is 0.750 bits per heavy atom. The number of hydrogen-bond acceptors (Lipinski definition) is 4. The molecule has 1 unspecified atom stereocenters. The van der Waals surface area contributed by atoms with Crippen LogP contribution in [0.5, 0.6) is 0 Å². The number of hydrogen-bond donors (Lipinski definition) is 0. The highest BCUT2D eigenvalue weighted by Crippen LogP contribution is 2.63. The molecule has 4 fully saturated rings. The van der Waals surface area contributed by atoms with Crippen molar-refractivity contribution in [3.8, 4) is 0 Å². The molecular weight excluding hydrogens is 584 g/mol. The Morgan fingerprint density at radius 3 is 1.90 bits per heavy atom. The Kier molecular flexibility index (Phi) is 8.75. The number of alkyl halides is 2. The van der Waals surface area contributed by atoms with Crippen molar-refractivity contribution in [2.75, 3.05) is 0 Å². The summed E-state index contributed by atoms with van der Waals surface area (Å²) in [5.41, 5.74) is 2.23. The maximum atomic E-state index is 14.3. The molecule has 0 N–H and O–H groups in total. The topological polar surface area (TPSA) is 45.0 Å². The lowest BCUT2D eigenvalue weighted by molar-refractivity contribution is -0.120. The van der Waals surface area contributed by atoms with Gasteiger partial charge in [-0.2, -0.15) is 0 Å². The van der Waals surface area contributed by atoms with E-state index in [4.69, 9.17) is 56.4 Å². The lowest BCUT2D eigenvalue weighted by atomic mass is 9.71. The summed E-state index contributed by atoms with van der Waals surface area (Å²) in [7, 11) is 0. The van der Waals surface area contributed by atoms with Gasteiger partial charge < -0.3 is 0 Å². The first-order chi connectivity index (χ1) is 19.3. The van der Waals surface area contributed by atoms with Crippen LogP contribution in [0.15, 0.2) is 44.3 Å². The van der Waals surface area contributed by atoms with E-state index in [1.54, 1.807) is 0 Å². The second-order valence-corrected chi connectivity index (χ2v) is 14.3. The summed E-state index contributed by atoms with van der Waals surface area (Å²) < 4.78 is 0. The van der Waals surface area contributed by atoms with Crippen molar-refractivity contribution in [3.05, 3.63) is 45.5 Å². The molecular formula is C32H39Cl4N3O. The normalized spacial score (nSPS) is 34.5. The van der Waals surface area contributed by atoms with Gasteiger partial charge in [0, 0.05) is 18.3 Å². The van der Waals surface area contributed by atoms with Crippen LogP contribution in [-0.2, 0) is 4.79 Å². The van der Waals surface area contributed by atoms with Crippen molar-refractivity contribution < 1.29 is 4.79 Å². The summed E-state index contributed by atoms with van der Waals surface area (Å²) in [6.07, 6.45) is 18.8. The summed E-state index contributed by atoms with van der Waals surface area (Å²) in [5.74, 6) is -0.302. The van der Waals surface area contributed by atoms with E-state index in [2.05, 4.69) is 29.2 Å². The molecule has 1 aromatic rings. The molecule has 0 spiro atoms. The highest BCUT2D eigenvalue weighted by molar-refractivity contribution is 6.71. The molecule has 1 saturated heterocycles. The summed E-state index contributed by atoms with van der Waals surface area (Å²) in [5, 5.41) is 0.372. The Hall–Kier alpha value is -0.910. The summed E-state index contributed by atoms with van der Waals surface area (Å²) in [6.45, 7) is 0. The van der Waals surface area contributed by atoms with E-state index in [0.717, 1.165) is 75.3 Å². The number of rotatable bonds is 5. The first-order valence-corrected chi connectivity index (χ1v) is 16.8. The van der Waals surface area contributed by atoms with Crippen LogP contribution < -0.4 is 0 Å². The molecule has 6 aliphatic rings. The highest BCUT2D eigenvalue weighted by Gasteiger charge is 2.71. The number of nitrogens with zero attached hydrogens (tertiary/aromatic N) is 3. The van der Waals surface area contributed by atoms with Gasteiger partial charge in [-0.05, 0) is 49.7 Å². The van der Waals surface area contributed by atoms with E-state index in [9.17, 15) is 4.79 Å². The van der Waals surface area contributed by atoms with Gasteiger partial charge in [-0.15, -0.1) is 11.6 Å². The fraction of sp³-hybridized carbons (Fsp3) is 0.656. The fourth-order valence-corrected chi connectivity index (χ4v) is 9.25. The third kappa shape index (κ3) is 5.02. The average molecular weight is 623 g/mol. The third-order valence-corrected chi connectivity index (χ3v) is 12.2. The fourth-order valence-electron chi connectivity index (χ4n) is 7.62. The van der Waals surface area contributed by atoms with Crippen LogP contribution in [0.3, 0.4) is 0 Å².